The molecular weight excluding hydrogens is 324 g/mol. The molecule has 1 saturated heterocycles. The van der Waals surface area contributed by atoms with Crippen LogP contribution < -0.4 is 4.74 Å². The molecule has 1 aromatic carbocycles. The molecule has 1 fully saturated rings. The topological polar surface area (TPSA) is 79.3 Å². The molecule has 1 amide bonds. The molecule has 7 nitrogen and oxygen atoms in total. The maximum absolute atomic E-state index is 12.5. The highest BCUT2D eigenvalue weighted by molar-refractivity contribution is 5.79. The van der Waals surface area contributed by atoms with Crippen molar-refractivity contribution in [3.05, 3.63) is 29.8 Å². The number of benzene rings is 1. The third-order valence-corrected chi connectivity index (χ3v) is 4.00. The van der Waals surface area contributed by atoms with Crippen LogP contribution in [0.2, 0.25) is 0 Å². The monoisotopic (exact) mass is 350 g/mol. The lowest BCUT2D eigenvalue weighted by Gasteiger charge is -2.34. The number of carbonyl (C=O) groups is 2. The van der Waals surface area contributed by atoms with Crippen LogP contribution in [0.4, 0.5) is 0 Å². The van der Waals surface area contributed by atoms with Crippen LogP contribution in [-0.4, -0.2) is 79.3 Å². The SMILES string of the molecule is CCOc1ccc(CC(=O)N2CCO[C@@H](CN(C)CC(=O)O)C2)cc1. The van der Waals surface area contributed by atoms with Gasteiger partial charge >= 0.3 is 5.97 Å². The molecule has 25 heavy (non-hydrogen) atoms. The predicted octanol–water partition coefficient (Wildman–Crippen LogP) is 0.872. The fourth-order valence-electron chi connectivity index (χ4n) is 2.86. The van der Waals surface area contributed by atoms with Gasteiger partial charge in [0.1, 0.15) is 5.75 Å². The van der Waals surface area contributed by atoms with Gasteiger partial charge in [-0.05, 0) is 31.7 Å². The molecule has 1 atom stereocenters. The zero-order chi connectivity index (χ0) is 18.2. The van der Waals surface area contributed by atoms with Crippen molar-refractivity contribution in [2.45, 2.75) is 19.4 Å². The Balaban J connectivity index is 1.85. The molecule has 7 heteroatoms. The zero-order valence-electron chi connectivity index (χ0n) is 14.8. The van der Waals surface area contributed by atoms with E-state index in [1.165, 1.54) is 0 Å². The summed E-state index contributed by atoms with van der Waals surface area (Å²) in [6.45, 7) is 4.51. The average molecular weight is 350 g/mol. The van der Waals surface area contributed by atoms with Gasteiger partial charge in [-0.1, -0.05) is 12.1 Å². The normalized spacial score (nSPS) is 17.6. The van der Waals surface area contributed by atoms with E-state index < -0.39 is 5.97 Å². The van der Waals surface area contributed by atoms with E-state index in [1.807, 2.05) is 31.2 Å². The predicted molar refractivity (Wildman–Crippen MR) is 92.8 cm³/mol. The first-order valence-corrected chi connectivity index (χ1v) is 8.49. The number of ether oxygens (including phenoxy) is 2. The lowest BCUT2D eigenvalue weighted by molar-refractivity contribution is -0.142. The minimum atomic E-state index is -0.873. The number of hydrogen-bond acceptors (Lipinski definition) is 5. The van der Waals surface area contributed by atoms with Crippen molar-refractivity contribution in [3.63, 3.8) is 0 Å². The Morgan fingerprint density at radius 2 is 2.08 bits per heavy atom. The quantitative estimate of drug-likeness (QED) is 0.750. The molecule has 1 N–H and O–H groups in total. The van der Waals surface area contributed by atoms with Gasteiger partial charge in [0.2, 0.25) is 5.91 Å². The molecular formula is C18H26N2O5. The van der Waals surface area contributed by atoms with Crippen molar-refractivity contribution in [3.8, 4) is 5.75 Å². The van der Waals surface area contributed by atoms with Gasteiger partial charge in [0.05, 0.1) is 32.3 Å². The van der Waals surface area contributed by atoms with Crippen molar-refractivity contribution >= 4 is 11.9 Å². The number of hydrogen-bond donors (Lipinski definition) is 1. The molecule has 1 aliphatic heterocycles. The largest absolute Gasteiger partial charge is 0.494 e. The van der Waals surface area contributed by atoms with E-state index in [0.29, 0.717) is 39.3 Å². The molecule has 0 spiro atoms. The first-order valence-electron chi connectivity index (χ1n) is 8.49. The number of likely N-dealkylation sites (N-methyl/N-ethyl adjacent to an activating group) is 1. The number of carboxylic acids is 1. The van der Waals surface area contributed by atoms with Crippen LogP contribution in [0.5, 0.6) is 5.75 Å². The smallest absolute Gasteiger partial charge is 0.317 e. The molecule has 0 radical (unpaired) electrons. The molecule has 0 aromatic heterocycles. The lowest BCUT2D eigenvalue weighted by Crippen LogP contribution is -2.50. The highest BCUT2D eigenvalue weighted by Gasteiger charge is 2.25. The van der Waals surface area contributed by atoms with Crippen LogP contribution in [0.1, 0.15) is 12.5 Å². The van der Waals surface area contributed by atoms with E-state index in [9.17, 15) is 9.59 Å². The van der Waals surface area contributed by atoms with Gasteiger partial charge in [-0.15, -0.1) is 0 Å². The highest BCUT2D eigenvalue weighted by atomic mass is 16.5. The molecule has 1 heterocycles. The Labute approximate surface area is 148 Å². The van der Waals surface area contributed by atoms with E-state index in [1.54, 1.807) is 16.8 Å². The van der Waals surface area contributed by atoms with Crippen LogP contribution >= 0.6 is 0 Å². The van der Waals surface area contributed by atoms with E-state index in [2.05, 4.69) is 0 Å². The molecule has 0 aliphatic carbocycles. The van der Waals surface area contributed by atoms with Gasteiger partial charge in [0.25, 0.3) is 0 Å². The summed E-state index contributed by atoms with van der Waals surface area (Å²) in [4.78, 5) is 26.7. The number of morpholine rings is 1. The number of carboxylic acid groups (broad SMARTS) is 1. The third kappa shape index (κ3) is 6.36. The molecule has 0 bridgehead atoms. The van der Waals surface area contributed by atoms with Gasteiger partial charge in [-0.2, -0.15) is 0 Å². The Morgan fingerprint density at radius 3 is 2.72 bits per heavy atom. The molecule has 2 rings (SSSR count). The molecule has 0 unspecified atom stereocenters. The first-order chi connectivity index (χ1) is 12.0. The summed E-state index contributed by atoms with van der Waals surface area (Å²) >= 11 is 0. The summed E-state index contributed by atoms with van der Waals surface area (Å²) < 4.78 is 11.1. The second-order valence-electron chi connectivity index (χ2n) is 6.18. The lowest BCUT2D eigenvalue weighted by atomic mass is 10.1. The van der Waals surface area contributed by atoms with Crippen molar-refractivity contribution in [2.24, 2.45) is 0 Å². The maximum atomic E-state index is 12.5. The standard InChI is InChI=1S/C18H26N2O5/c1-3-24-15-6-4-14(5-7-15)10-17(21)20-8-9-25-16(12-20)11-19(2)13-18(22)23/h4-7,16H,3,8-13H2,1-2H3,(H,22,23)/t16-/m0/s1. The van der Waals surface area contributed by atoms with Gasteiger partial charge in [0.15, 0.2) is 0 Å². The zero-order valence-corrected chi connectivity index (χ0v) is 14.8. The van der Waals surface area contributed by atoms with Gasteiger partial charge < -0.3 is 19.5 Å². The van der Waals surface area contributed by atoms with E-state index >= 15 is 0 Å². The Kier molecular flexibility index (Phi) is 7.21. The summed E-state index contributed by atoms with van der Waals surface area (Å²) in [6.07, 6.45) is 0.173. The van der Waals surface area contributed by atoms with Crippen molar-refractivity contribution in [2.75, 3.05) is 46.4 Å². The number of nitrogens with zero attached hydrogens (tertiary/aromatic N) is 2. The minimum absolute atomic E-state index is 0.0417. The van der Waals surface area contributed by atoms with Crippen LogP contribution in [0.3, 0.4) is 0 Å². The Morgan fingerprint density at radius 1 is 1.36 bits per heavy atom. The summed E-state index contributed by atoms with van der Waals surface area (Å²) in [7, 11) is 1.73. The van der Waals surface area contributed by atoms with Crippen LogP contribution in [0.15, 0.2) is 24.3 Å². The first kappa shape index (κ1) is 19.2. The van der Waals surface area contributed by atoms with Crippen LogP contribution in [0.25, 0.3) is 0 Å². The minimum Gasteiger partial charge on any atom is -0.494 e. The summed E-state index contributed by atoms with van der Waals surface area (Å²) in [5.74, 6) is -0.0216. The third-order valence-electron chi connectivity index (χ3n) is 4.00. The molecule has 1 aliphatic rings. The maximum Gasteiger partial charge on any atom is 0.317 e. The molecule has 138 valence electrons. The number of amides is 1. The van der Waals surface area contributed by atoms with Crippen LogP contribution in [-0.2, 0) is 20.7 Å². The number of aliphatic carboxylic acids is 1. The number of rotatable bonds is 8. The van der Waals surface area contributed by atoms with E-state index in [4.69, 9.17) is 14.6 Å². The van der Waals surface area contributed by atoms with Crippen LogP contribution in [0, 0.1) is 0 Å². The van der Waals surface area contributed by atoms with Gasteiger partial charge in [-0.25, -0.2) is 0 Å². The number of carbonyl (C=O) groups excluding carboxylic acids is 1. The van der Waals surface area contributed by atoms with Gasteiger partial charge in [-0.3, -0.25) is 14.5 Å². The molecule has 1 aromatic rings. The fourth-order valence-corrected chi connectivity index (χ4v) is 2.86. The van der Waals surface area contributed by atoms with Gasteiger partial charge in [0, 0.05) is 19.6 Å². The second-order valence-corrected chi connectivity index (χ2v) is 6.18. The second kappa shape index (κ2) is 9.39. The average Bonchev–Trinajstić information content (AvgIpc) is 2.56. The van der Waals surface area contributed by atoms with Crippen molar-refractivity contribution in [1.29, 1.82) is 0 Å². The van der Waals surface area contributed by atoms with Crippen molar-refractivity contribution < 1.29 is 24.2 Å². The summed E-state index contributed by atoms with van der Waals surface area (Å²) in [5.41, 5.74) is 0.944. The van der Waals surface area contributed by atoms with Crippen molar-refractivity contribution in [1.82, 2.24) is 9.80 Å². The van der Waals surface area contributed by atoms with E-state index in [0.717, 1.165) is 11.3 Å². The fraction of sp³-hybridized carbons (Fsp3) is 0.556. The Hall–Kier alpha value is -2.12. The molecule has 0 saturated carbocycles. The Bertz CT molecular complexity index is 575. The highest BCUT2D eigenvalue weighted by Crippen LogP contribution is 2.14. The summed E-state index contributed by atoms with van der Waals surface area (Å²) in [6, 6.07) is 7.55. The van der Waals surface area contributed by atoms with E-state index in [-0.39, 0.29) is 18.6 Å². The summed E-state index contributed by atoms with van der Waals surface area (Å²) in [5, 5.41) is 8.81.